The zero-order chi connectivity index (χ0) is 20.3. The fraction of sp³-hybridized carbons (Fsp3) is 0.391. The number of amides is 1. The molecule has 2 atom stereocenters. The molecule has 148 valence electrons. The number of nitrogens with zero attached hydrogens (tertiary/aromatic N) is 1. The van der Waals surface area contributed by atoms with Gasteiger partial charge in [-0.25, -0.2) is 0 Å². The van der Waals surface area contributed by atoms with Gasteiger partial charge in [-0.05, 0) is 24.6 Å². The Morgan fingerprint density at radius 1 is 1.11 bits per heavy atom. The van der Waals surface area contributed by atoms with Gasteiger partial charge in [0.1, 0.15) is 0 Å². The Bertz CT molecular complexity index is 783. The molecule has 0 aliphatic carbocycles. The molecule has 2 aromatic carbocycles. The molecule has 1 fully saturated rings. The van der Waals surface area contributed by atoms with Crippen LogP contribution in [0.15, 0.2) is 60.7 Å². The van der Waals surface area contributed by atoms with Crippen molar-refractivity contribution in [2.24, 2.45) is 5.92 Å². The van der Waals surface area contributed by atoms with Crippen molar-refractivity contribution >= 4 is 23.3 Å². The summed E-state index contributed by atoms with van der Waals surface area (Å²) in [5.74, 6) is -0.129. The lowest BCUT2D eigenvalue weighted by Crippen LogP contribution is -2.50. The summed E-state index contributed by atoms with van der Waals surface area (Å²) in [5, 5.41) is 10.2. The molecule has 0 radical (unpaired) electrons. The molecule has 0 aromatic heterocycles. The standard InChI is InChI=1S/C23H27NO3S/c1-4-19(25)15-20(26)24-21(16(2)3)23(27-22(24)28,17-11-7-5-8-12-17)18-13-9-6-10-14-18/h5-14,16,19,21,25H,4,15H2,1-3H3/t19-,21-/m0/s1. The lowest BCUT2D eigenvalue weighted by Gasteiger charge is -2.38. The van der Waals surface area contributed by atoms with E-state index in [9.17, 15) is 9.90 Å². The number of carbonyl (C=O) groups is 1. The highest BCUT2D eigenvalue weighted by molar-refractivity contribution is 7.80. The van der Waals surface area contributed by atoms with Crippen LogP contribution >= 0.6 is 12.2 Å². The van der Waals surface area contributed by atoms with Crippen molar-refractivity contribution in [3.63, 3.8) is 0 Å². The third-order valence-corrected chi connectivity index (χ3v) is 5.61. The zero-order valence-corrected chi connectivity index (χ0v) is 17.4. The lowest BCUT2D eigenvalue weighted by molar-refractivity contribution is -0.131. The molecule has 1 aliphatic heterocycles. The van der Waals surface area contributed by atoms with Gasteiger partial charge in [-0.15, -0.1) is 0 Å². The van der Waals surface area contributed by atoms with Gasteiger partial charge < -0.3 is 9.84 Å². The number of aliphatic hydroxyl groups is 1. The average molecular weight is 398 g/mol. The highest BCUT2D eigenvalue weighted by Gasteiger charge is 2.57. The fourth-order valence-corrected chi connectivity index (χ4v) is 4.36. The molecule has 1 saturated heterocycles. The van der Waals surface area contributed by atoms with Crippen LogP contribution < -0.4 is 0 Å². The SMILES string of the molecule is CC[C@H](O)CC(=O)N1C(=S)OC(c2ccccc2)(c2ccccc2)[C@@H]1C(C)C. The first kappa shape index (κ1) is 20.5. The van der Waals surface area contributed by atoms with Crippen LogP contribution in [0.1, 0.15) is 44.7 Å². The van der Waals surface area contributed by atoms with Crippen molar-refractivity contribution in [3.05, 3.63) is 71.8 Å². The third-order valence-electron chi connectivity index (χ3n) is 5.33. The van der Waals surface area contributed by atoms with Crippen LogP contribution in [0.25, 0.3) is 0 Å². The first-order valence-electron chi connectivity index (χ1n) is 9.76. The topological polar surface area (TPSA) is 49.8 Å². The second-order valence-electron chi connectivity index (χ2n) is 7.55. The summed E-state index contributed by atoms with van der Waals surface area (Å²) in [7, 11) is 0. The largest absolute Gasteiger partial charge is 0.452 e. The van der Waals surface area contributed by atoms with Crippen molar-refractivity contribution in [1.29, 1.82) is 0 Å². The van der Waals surface area contributed by atoms with E-state index in [2.05, 4.69) is 13.8 Å². The molecule has 28 heavy (non-hydrogen) atoms. The molecule has 0 unspecified atom stereocenters. The molecule has 0 spiro atoms. The van der Waals surface area contributed by atoms with Crippen LogP contribution in [0.2, 0.25) is 0 Å². The Hall–Kier alpha value is -2.24. The first-order valence-corrected chi connectivity index (χ1v) is 10.2. The lowest BCUT2D eigenvalue weighted by atomic mass is 9.75. The quantitative estimate of drug-likeness (QED) is 0.740. The van der Waals surface area contributed by atoms with Gasteiger partial charge in [0.2, 0.25) is 5.91 Å². The predicted molar refractivity (Wildman–Crippen MR) is 114 cm³/mol. The number of aliphatic hydroxyl groups excluding tert-OH is 1. The van der Waals surface area contributed by atoms with Gasteiger partial charge in [0.25, 0.3) is 5.17 Å². The number of thiocarbonyl (C=S) groups is 1. The van der Waals surface area contributed by atoms with E-state index < -0.39 is 11.7 Å². The molecular formula is C23H27NO3S. The number of hydrogen-bond acceptors (Lipinski definition) is 4. The molecule has 0 saturated carbocycles. The Balaban J connectivity index is 2.17. The summed E-state index contributed by atoms with van der Waals surface area (Å²) >= 11 is 5.55. The van der Waals surface area contributed by atoms with Gasteiger partial charge in [-0.3, -0.25) is 9.69 Å². The maximum absolute atomic E-state index is 13.1. The first-order chi connectivity index (χ1) is 13.4. The molecule has 1 N–H and O–H groups in total. The molecule has 4 nitrogen and oxygen atoms in total. The molecule has 1 heterocycles. The summed E-state index contributed by atoms with van der Waals surface area (Å²) < 4.78 is 6.40. The van der Waals surface area contributed by atoms with E-state index in [1.165, 1.54) is 0 Å². The molecular weight excluding hydrogens is 370 g/mol. The molecule has 1 aliphatic rings. The van der Waals surface area contributed by atoms with Crippen molar-refractivity contribution in [1.82, 2.24) is 4.90 Å². The van der Waals surface area contributed by atoms with E-state index in [0.29, 0.717) is 6.42 Å². The van der Waals surface area contributed by atoms with Crippen LogP contribution in [-0.2, 0) is 15.1 Å². The van der Waals surface area contributed by atoms with Crippen LogP contribution in [0.3, 0.4) is 0 Å². The van der Waals surface area contributed by atoms with Gasteiger partial charge in [0.05, 0.1) is 18.6 Å². The minimum atomic E-state index is -0.888. The number of ether oxygens (including phenoxy) is 1. The predicted octanol–water partition coefficient (Wildman–Crippen LogP) is 4.26. The zero-order valence-electron chi connectivity index (χ0n) is 16.5. The van der Waals surface area contributed by atoms with Gasteiger partial charge in [-0.1, -0.05) is 81.4 Å². The average Bonchev–Trinajstić information content (AvgIpc) is 3.03. The Morgan fingerprint density at radius 3 is 2.04 bits per heavy atom. The molecule has 1 amide bonds. The second-order valence-corrected chi connectivity index (χ2v) is 7.90. The van der Waals surface area contributed by atoms with E-state index in [1.54, 1.807) is 4.90 Å². The highest BCUT2D eigenvalue weighted by Crippen LogP contribution is 2.47. The van der Waals surface area contributed by atoms with E-state index in [4.69, 9.17) is 17.0 Å². The van der Waals surface area contributed by atoms with E-state index in [1.807, 2.05) is 67.6 Å². The Labute approximate surface area is 172 Å². The second kappa shape index (κ2) is 8.41. The summed E-state index contributed by atoms with van der Waals surface area (Å²) in [6, 6.07) is 19.5. The minimum Gasteiger partial charge on any atom is -0.452 e. The molecule has 0 bridgehead atoms. The fourth-order valence-electron chi connectivity index (χ4n) is 4.01. The highest BCUT2D eigenvalue weighted by atomic mass is 32.1. The molecule has 2 aromatic rings. The van der Waals surface area contributed by atoms with E-state index in [-0.39, 0.29) is 29.5 Å². The van der Waals surface area contributed by atoms with Crippen LogP contribution in [0.4, 0.5) is 0 Å². The van der Waals surface area contributed by atoms with Gasteiger partial charge >= 0.3 is 0 Å². The molecule has 5 heteroatoms. The normalized spacial score (nSPS) is 19.5. The summed E-state index contributed by atoms with van der Waals surface area (Å²) in [6.45, 7) is 5.99. The summed E-state index contributed by atoms with van der Waals surface area (Å²) in [4.78, 5) is 14.7. The number of benzene rings is 2. The third kappa shape index (κ3) is 3.56. The maximum Gasteiger partial charge on any atom is 0.267 e. The van der Waals surface area contributed by atoms with Gasteiger partial charge in [-0.2, -0.15) is 0 Å². The number of carbonyl (C=O) groups excluding carboxylic acids is 1. The Morgan fingerprint density at radius 2 is 1.61 bits per heavy atom. The summed E-state index contributed by atoms with van der Waals surface area (Å²) in [5.41, 5.74) is 1.02. The van der Waals surface area contributed by atoms with Crippen molar-refractivity contribution < 1.29 is 14.6 Å². The summed E-state index contributed by atoms with van der Waals surface area (Å²) in [6.07, 6.45) is -0.142. The van der Waals surface area contributed by atoms with Crippen LogP contribution in [-0.4, -0.2) is 33.2 Å². The monoisotopic (exact) mass is 397 g/mol. The van der Waals surface area contributed by atoms with Gasteiger partial charge in [0.15, 0.2) is 5.60 Å². The molecule has 3 rings (SSSR count). The van der Waals surface area contributed by atoms with E-state index >= 15 is 0 Å². The van der Waals surface area contributed by atoms with Gasteiger partial charge in [0, 0.05) is 11.1 Å². The van der Waals surface area contributed by atoms with Crippen molar-refractivity contribution in [3.8, 4) is 0 Å². The van der Waals surface area contributed by atoms with Crippen molar-refractivity contribution in [2.75, 3.05) is 0 Å². The number of hydrogen-bond donors (Lipinski definition) is 1. The van der Waals surface area contributed by atoms with Crippen LogP contribution in [0.5, 0.6) is 0 Å². The van der Waals surface area contributed by atoms with Crippen LogP contribution in [0, 0.1) is 5.92 Å². The maximum atomic E-state index is 13.1. The minimum absolute atomic E-state index is 0.0306. The van der Waals surface area contributed by atoms with E-state index in [0.717, 1.165) is 11.1 Å². The number of rotatable bonds is 6. The van der Waals surface area contributed by atoms with Crippen molar-refractivity contribution in [2.45, 2.75) is 51.4 Å². The smallest absolute Gasteiger partial charge is 0.267 e. The Kier molecular flexibility index (Phi) is 6.16.